The quantitative estimate of drug-likeness (QED) is 0.887. The lowest BCUT2D eigenvalue weighted by Gasteiger charge is -2.07. The van der Waals surface area contributed by atoms with E-state index in [-0.39, 0.29) is 10.7 Å². The van der Waals surface area contributed by atoms with Crippen LogP contribution in [0.15, 0.2) is 36.4 Å². The van der Waals surface area contributed by atoms with Crippen LogP contribution in [0.3, 0.4) is 0 Å². The number of amides is 1. The molecule has 2 aromatic carbocycles. The SMILES string of the molecule is O=C(Nc1ccc(F)c(Cl)c1)c1c(F)cccc1F. The first-order valence-electron chi connectivity index (χ1n) is 5.19. The highest BCUT2D eigenvalue weighted by Crippen LogP contribution is 2.21. The molecule has 2 aromatic rings. The molecule has 6 heteroatoms. The molecule has 0 aliphatic heterocycles. The molecule has 0 fully saturated rings. The van der Waals surface area contributed by atoms with Crippen molar-refractivity contribution in [3.05, 3.63) is 64.4 Å². The summed E-state index contributed by atoms with van der Waals surface area (Å²) in [5.41, 5.74) is -0.568. The highest BCUT2D eigenvalue weighted by molar-refractivity contribution is 6.31. The van der Waals surface area contributed by atoms with Crippen molar-refractivity contribution in [3.8, 4) is 0 Å². The minimum Gasteiger partial charge on any atom is -0.322 e. The molecular formula is C13H7ClF3NO. The first-order chi connectivity index (χ1) is 8.99. The van der Waals surface area contributed by atoms with E-state index < -0.39 is 28.9 Å². The third kappa shape index (κ3) is 2.88. The van der Waals surface area contributed by atoms with E-state index in [1.54, 1.807) is 0 Å². The van der Waals surface area contributed by atoms with Crippen LogP contribution in [0.5, 0.6) is 0 Å². The fourth-order valence-electron chi connectivity index (χ4n) is 1.48. The summed E-state index contributed by atoms with van der Waals surface area (Å²) in [6, 6.07) is 6.50. The Kier molecular flexibility index (Phi) is 3.76. The van der Waals surface area contributed by atoms with Gasteiger partial charge in [0.25, 0.3) is 5.91 Å². The minimum absolute atomic E-state index is 0.138. The van der Waals surface area contributed by atoms with E-state index in [0.717, 1.165) is 30.3 Å². The second-order valence-electron chi connectivity index (χ2n) is 3.68. The summed E-state index contributed by atoms with van der Waals surface area (Å²) >= 11 is 5.53. The van der Waals surface area contributed by atoms with Crippen LogP contribution in [-0.4, -0.2) is 5.91 Å². The molecule has 0 heterocycles. The molecule has 0 spiro atoms. The lowest BCUT2D eigenvalue weighted by molar-refractivity contribution is 0.101. The molecule has 0 aliphatic carbocycles. The molecule has 0 unspecified atom stereocenters. The number of carbonyl (C=O) groups is 1. The monoisotopic (exact) mass is 285 g/mol. The summed E-state index contributed by atoms with van der Waals surface area (Å²) < 4.78 is 39.6. The number of anilines is 1. The second kappa shape index (κ2) is 5.32. The maximum atomic E-state index is 13.4. The normalized spacial score (nSPS) is 10.3. The van der Waals surface area contributed by atoms with Gasteiger partial charge in [-0.15, -0.1) is 0 Å². The summed E-state index contributed by atoms with van der Waals surface area (Å²) in [7, 11) is 0. The molecule has 0 saturated heterocycles. The first-order valence-corrected chi connectivity index (χ1v) is 5.57. The van der Waals surface area contributed by atoms with E-state index >= 15 is 0 Å². The summed E-state index contributed by atoms with van der Waals surface area (Å²) in [6.07, 6.45) is 0. The van der Waals surface area contributed by atoms with E-state index in [9.17, 15) is 18.0 Å². The number of carbonyl (C=O) groups excluding carboxylic acids is 1. The van der Waals surface area contributed by atoms with Gasteiger partial charge in [-0.1, -0.05) is 17.7 Å². The average Bonchev–Trinajstić information content (AvgIpc) is 2.33. The Morgan fingerprint density at radius 1 is 1.00 bits per heavy atom. The Labute approximate surface area is 111 Å². The number of hydrogen-bond acceptors (Lipinski definition) is 1. The van der Waals surface area contributed by atoms with Gasteiger partial charge in [-0.25, -0.2) is 13.2 Å². The molecule has 2 nitrogen and oxygen atoms in total. The predicted octanol–water partition coefficient (Wildman–Crippen LogP) is 4.01. The zero-order valence-electron chi connectivity index (χ0n) is 9.38. The van der Waals surface area contributed by atoms with Gasteiger partial charge in [0.15, 0.2) is 0 Å². The smallest absolute Gasteiger partial charge is 0.261 e. The number of hydrogen-bond donors (Lipinski definition) is 1. The van der Waals surface area contributed by atoms with Crippen molar-refractivity contribution in [3.63, 3.8) is 0 Å². The summed E-state index contributed by atoms with van der Waals surface area (Å²) in [6.45, 7) is 0. The molecule has 1 amide bonds. The Hall–Kier alpha value is -2.01. The first kappa shape index (κ1) is 13.4. The van der Waals surface area contributed by atoms with Crippen molar-refractivity contribution in [1.29, 1.82) is 0 Å². The van der Waals surface area contributed by atoms with Gasteiger partial charge in [0, 0.05) is 5.69 Å². The Balaban J connectivity index is 2.28. The molecule has 19 heavy (non-hydrogen) atoms. The molecule has 0 radical (unpaired) electrons. The van der Waals surface area contributed by atoms with E-state index in [0.29, 0.717) is 0 Å². The number of rotatable bonds is 2. The molecule has 0 atom stereocenters. The van der Waals surface area contributed by atoms with Gasteiger partial charge in [0.05, 0.1) is 5.02 Å². The Morgan fingerprint density at radius 2 is 1.63 bits per heavy atom. The van der Waals surface area contributed by atoms with Gasteiger partial charge < -0.3 is 5.32 Å². The van der Waals surface area contributed by atoms with Gasteiger partial charge >= 0.3 is 0 Å². The van der Waals surface area contributed by atoms with Crippen LogP contribution in [0, 0.1) is 17.5 Å². The minimum atomic E-state index is -0.981. The molecular weight excluding hydrogens is 279 g/mol. The second-order valence-corrected chi connectivity index (χ2v) is 4.09. The van der Waals surface area contributed by atoms with Gasteiger partial charge in [-0.3, -0.25) is 4.79 Å². The fourth-order valence-corrected chi connectivity index (χ4v) is 1.66. The Bertz CT molecular complexity index is 626. The summed E-state index contributed by atoms with van der Waals surface area (Å²) in [5, 5.41) is 2.04. The zero-order chi connectivity index (χ0) is 14.0. The van der Waals surface area contributed by atoms with E-state index in [1.807, 2.05) is 0 Å². The van der Waals surface area contributed by atoms with Crippen LogP contribution >= 0.6 is 11.6 Å². The topological polar surface area (TPSA) is 29.1 Å². The largest absolute Gasteiger partial charge is 0.322 e. The molecule has 0 aliphatic rings. The molecule has 1 N–H and O–H groups in total. The molecule has 0 saturated carbocycles. The van der Waals surface area contributed by atoms with Crippen LogP contribution in [0.4, 0.5) is 18.9 Å². The number of benzene rings is 2. The number of halogens is 4. The molecule has 98 valence electrons. The van der Waals surface area contributed by atoms with Gasteiger partial charge in [-0.2, -0.15) is 0 Å². The zero-order valence-corrected chi connectivity index (χ0v) is 10.1. The van der Waals surface area contributed by atoms with Crippen molar-refractivity contribution >= 4 is 23.2 Å². The van der Waals surface area contributed by atoms with Crippen LogP contribution < -0.4 is 5.32 Å². The van der Waals surface area contributed by atoms with Crippen molar-refractivity contribution in [2.75, 3.05) is 5.32 Å². The van der Waals surface area contributed by atoms with Gasteiger partial charge in [-0.05, 0) is 30.3 Å². The fraction of sp³-hybridized carbons (Fsp3) is 0. The maximum Gasteiger partial charge on any atom is 0.261 e. The summed E-state index contributed by atoms with van der Waals surface area (Å²) in [5.74, 6) is -3.59. The standard InChI is InChI=1S/C13H7ClF3NO/c14-8-6-7(4-5-9(8)15)18-13(19)12-10(16)2-1-3-11(12)17/h1-6H,(H,18,19). The third-order valence-electron chi connectivity index (χ3n) is 2.37. The van der Waals surface area contributed by atoms with Crippen LogP contribution in [0.2, 0.25) is 5.02 Å². The summed E-state index contributed by atoms with van der Waals surface area (Å²) in [4.78, 5) is 11.7. The lowest BCUT2D eigenvalue weighted by Crippen LogP contribution is -2.15. The number of nitrogens with one attached hydrogen (secondary N) is 1. The van der Waals surface area contributed by atoms with E-state index in [4.69, 9.17) is 11.6 Å². The van der Waals surface area contributed by atoms with Crippen molar-refractivity contribution in [2.24, 2.45) is 0 Å². The molecule has 0 aromatic heterocycles. The van der Waals surface area contributed by atoms with E-state index in [1.165, 1.54) is 6.07 Å². The highest BCUT2D eigenvalue weighted by Gasteiger charge is 2.17. The van der Waals surface area contributed by atoms with Crippen molar-refractivity contribution in [1.82, 2.24) is 0 Å². The van der Waals surface area contributed by atoms with E-state index in [2.05, 4.69) is 5.32 Å². The molecule has 0 bridgehead atoms. The van der Waals surface area contributed by atoms with Crippen LogP contribution in [0.25, 0.3) is 0 Å². The third-order valence-corrected chi connectivity index (χ3v) is 2.66. The van der Waals surface area contributed by atoms with Crippen LogP contribution in [-0.2, 0) is 0 Å². The maximum absolute atomic E-state index is 13.4. The van der Waals surface area contributed by atoms with Crippen molar-refractivity contribution in [2.45, 2.75) is 0 Å². The highest BCUT2D eigenvalue weighted by atomic mass is 35.5. The lowest BCUT2D eigenvalue weighted by atomic mass is 10.2. The van der Waals surface area contributed by atoms with Crippen molar-refractivity contribution < 1.29 is 18.0 Å². The van der Waals surface area contributed by atoms with Gasteiger partial charge in [0.2, 0.25) is 0 Å². The Morgan fingerprint density at radius 3 is 2.21 bits per heavy atom. The average molecular weight is 286 g/mol. The predicted molar refractivity (Wildman–Crippen MR) is 65.7 cm³/mol. The van der Waals surface area contributed by atoms with Gasteiger partial charge in [0.1, 0.15) is 23.0 Å². The molecule has 2 rings (SSSR count). The van der Waals surface area contributed by atoms with Crippen LogP contribution in [0.1, 0.15) is 10.4 Å².